The van der Waals surface area contributed by atoms with Gasteiger partial charge in [0.1, 0.15) is 11.6 Å². The molecule has 0 spiro atoms. The molecular formula is C12H12F2O3. The molecule has 0 aromatic heterocycles. The van der Waals surface area contributed by atoms with Gasteiger partial charge < -0.3 is 4.74 Å². The molecule has 92 valence electrons. The Bertz CT molecular complexity index is 443. The lowest BCUT2D eigenvalue weighted by Gasteiger charge is -2.09. The number of ketones is 1. The van der Waals surface area contributed by atoms with E-state index in [1.807, 2.05) is 0 Å². The van der Waals surface area contributed by atoms with Crippen molar-refractivity contribution in [2.75, 3.05) is 7.11 Å². The van der Waals surface area contributed by atoms with Gasteiger partial charge in [0.25, 0.3) is 0 Å². The topological polar surface area (TPSA) is 43.4 Å². The van der Waals surface area contributed by atoms with Crippen molar-refractivity contribution in [2.45, 2.75) is 13.3 Å². The number of benzene rings is 1. The van der Waals surface area contributed by atoms with Gasteiger partial charge in [-0.1, -0.05) is 6.92 Å². The molecular weight excluding hydrogens is 230 g/mol. The molecule has 5 heteroatoms. The summed E-state index contributed by atoms with van der Waals surface area (Å²) in [4.78, 5) is 22.7. The summed E-state index contributed by atoms with van der Waals surface area (Å²) in [5.74, 6) is -3.43. The van der Waals surface area contributed by atoms with Crippen molar-refractivity contribution in [3.05, 3.63) is 35.4 Å². The largest absolute Gasteiger partial charge is 0.469 e. The van der Waals surface area contributed by atoms with E-state index in [-0.39, 0.29) is 12.0 Å². The Hall–Kier alpha value is -1.78. The van der Waals surface area contributed by atoms with Crippen LogP contribution in [0, 0.1) is 17.6 Å². The second-order valence-electron chi connectivity index (χ2n) is 3.67. The summed E-state index contributed by atoms with van der Waals surface area (Å²) in [5, 5.41) is 0. The molecule has 0 saturated carbocycles. The number of ether oxygens (including phenoxy) is 1. The summed E-state index contributed by atoms with van der Waals surface area (Å²) in [6.45, 7) is 1.46. The van der Waals surface area contributed by atoms with Crippen molar-refractivity contribution in [3.63, 3.8) is 0 Å². The molecule has 17 heavy (non-hydrogen) atoms. The van der Waals surface area contributed by atoms with Gasteiger partial charge in [-0.15, -0.1) is 0 Å². The monoisotopic (exact) mass is 242 g/mol. The number of hydrogen-bond acceptors (Lipinski definition) is 3. The molecule has 1 aromatic rings. The van der Waals surface area contributed by atoms with Crippen LogP contribution in [0.1, 0.15) is 23.7 Å². The molecule has 0 fully saturated rings. The first-order valence-corrected chi connectivity index (χ1v) is 5.01. The minimum atomic E-state index is -0.798. The van der Waals surface area contributed by atoms with E-state index in [1.165, 1.54) is 14.0 Å². The van der Waals surface area contributed by atoms with E-state index in [2.05, 4.69) is 4.74 Å². The van der Waals surface area contributed by atoms with Gasteiger partial charge in [-0.25, -0.2) is 8.78 Å². The summed E-state index contributed by atoms with van der Waals surface area (Å²) in [6.07, 6.45) is -0.161. The van der Waals surface area contributed by atoms with Crippen LogP contribution in [0.25, 0.3) is 0 Å². The molecule has 1 atom stereocenters. The smallest absolute Gasteiger partial charge is 0.306 e. The average molecular weight is 242 g/mol. The van der Waals surface area contributed by atoms with Crippen molar-refractivity contribution < 1.29 is 23.1 Å². The summed E-state index contributed by atoms with van der Waals surface area (Å²) in [6, 6.07) is 2.63. The number of methoxy groups -OCH3 is 1. The first-order valence-electron chi connectivity index (χ1n) is 5.01. The highest BCUT2D eigenvalue weighted by molar-refractivity contribution is 5.99. The molecule has 0 bridgehead atoms. The van der Waals surface area contributed by atoms with Gasteiger partial charge in [0.15, 0.2) is 5.78 Å². The molecule has 0 aliphatic heterocycles. The molecule has 0 N–H and O–H groups in total. The highest BCUT2D eigenvalue weighted by Gasteiger charge is 2.22. The van der Waals surface area contributed by atoms with E-state index >= 15 is 0 Å². The third-order valence-corrected chi connectivity index (χ3v) is 2.34. The van der Waals surface area contributed by atoms with E-state index < -0.39 is 29.3 Å². The van der Waals surface area contributed by atoms with Gasteiger partial charge in [0.05, 0.1) is 19.1 Å². The summed E-state index contributed by atoms with van der Waals surface area (Å²) in [7, 11) is 1.20. The minimum absolute atomic E-state index is 0.161. The molecule has 0 saturated heterocycles. The fourth-order valence-corrected chi connectivity index (χ4v) is 1.38. The predicted octanol–water partition coefficient (Wildman–Crippen LogP) is 2.35. The lowest BCUT2D eigenvalue weighted by Crippen LogP contribution is -2.17. The van der Waals surface area contributed by atoms with Crippen LogP contribution in [0.4, 0.5) is 8.78 Å². The normalized spacial score (nSPS) is 12.0. The standard InChI is InChI=1S/C12H12F2O3/c1-7(5-11(15)17-2)12(16)9-6-8(13)3-4-10(9)14/h3-4,6-7H,5H2,1-2H3. The highest BCUT2D eigenvalue weighted by atomic mass is 19.1. The van der Waals surface area contributed by atoms with Gasteiger partial charge >= 0.3 is 5.97 Å². The molecule has 0 radical (unpaired) electrons. The van der Waals surface area contributed by atoms with Crippen LogP contribution in [0.5, 0.6) is 0 Å². The number of rotatable bonds is 4. The number of Topliss-reactive ketones (excluding diaryl/α,β-unsaturated/α-hetero) is 1. The third kappa shape index (κ3) is 3.34. The lowest BCUT2D eigenvalue weighted by molar-refractivity contribution is -0.141. The highest BCUT2D eigenvalue weighted by Crippen LogP contribution is 2.17. The zero-order chi connectivity index (χ0) is 13.0. The van der Waals surface area contributed by atoms with Crippen molar-refractivity contribution >= 4 is 11.8 Å². The zero-order valence-electron chi connectivity index (χ0n) is 9.50. The van der Waals surface area contributed by atoms with E-state index in [1.54, 1.807) is 0 Å². The maximum Gasteiger partial charge on any atom is 0.306 e. The average Bonchev–Trinajstić information content (AvgIpc) is 2.31. The molecule has 0 amide bonds. The quantitative estimate of drug-likeness (QED) is 0.601. The predicted molar refractivity (Wildman–Crippen MR) is 56.5 cm³/mol. The van der Waals surface area contributed by atoms with Gasteiger partial charge in [0, 0.05) is 5.92 Å². The second kappa shape index (κ2) is 5.52. The van der Waals surface area contributed by atoms with Crippen LogP contribution in [0.3, 0.4) is 0 Å². The Balaban J connectivity index is 2.88. The van der Waals surface area contributed by atoms with E-state index in [0.29, 0.717) is 0 Å². The van der Waals surface area contributed by atoms with E-state index in [4.69, 9.17) is 0 Å². The van der Waals surface area contributed by atoms with Crippen molar-refractivity contribution in [3.8, 4) is 0 Å². The van der Waals surface area contributed by atoms with Crippen LogP contribution in [-0.4, -0.2) is 18.9 Å². The number of hydrogen-bond donors (Lipinski definition) is 0. The summed E-state index contributed by atoms with van der Waals surface area (Å²) in [5.41, 5.74) is -0.346. The van der Waals surface area contributed by atoms with Crippen molar-refractivity contribution in [1.82, 2.24) is 0 Å². The number of carbonyl (C=O) groups excluding carboxylic acids is 2. The SMILES string of the molecule is COC(=O)CC(C)C(=O)c1cc(F)ccc1F. The Morgan fingerprint density at radius 2 is 2.00 bits per heavy atom. The van der Waals surface area contributed by atoms with E-state index in [9.17, 15) is 18.4 Å². The Labute approximate surface area is 97.4 Å². The molecule has 0 heterocycles. The molecule has 1 unspecified atom stereocenters. The van der Waals surface area contributed by atoms with Crippen molar-refractivity contribution in [2.24, 2.45) is 5.92 Å². The Morgan fingerprint density at radius 1 is 1.35 bits per heavy atom. The van der Waals surface area contributed by atoms with Crippen molar-refractivity contribution in [1.29, 1.82) is 0 Å². The van der Waals surface area contributed by atoms with Crippen LogP contribution in [0.2, 0.25) is 0 Å². The Kier molecular flexibility index (Phi) is 4.31. The van der Waals surface area contributed by atoms with Gasteiger partial charge in [0.2, 0.25) is 0 Å². The van der Waals surface area contributed by atoms with Crippen LogP contribution in [-0.2, 0) is 9.53 Å². The van der Waals surface area contributed by atoms with Gasteiger partial charge in [-0.2, -0.15) is 0 Å². The second-order valence-corrected chi connectivity index (χ2v) is 3.67. The Morgan fingerprint density at radius 3 is 2.59 bits per heavy atom. The van der Waals surface area contributed by atoms with E-state index in [0.717, 1.165) is 18.2 Å². The van der Waals surface area contributed by atoms with Crippen LogP contribution in [0.15, 0.2) is 18.2 Å². The minimum Gasteiger partial charge on any atom is -0.469 e. The molecule has 0 aliphatic carbocycles. The third-order valence-electron chi connectivity index (χ3n) is 2.34. The summed E-state index contributed by atoms with van der Waals surface area (Å²) < 4.78 is 30.6. The fraction of sp³-hybridized carbons (Fsp3) is 0.333. The van der Waals surface area contributed by atoms with Crippen LogP contribution >= 0.6 is 0 Å². The molecule has 1 aromatic carbocycles. The molecule has 0 aliphatic rings. The molecule has 3 nitrogen and oxygen atoms in total. The first-order chi connectivity index (χ1) is 7.95. The fourth-order valence-electron chi connectivity index (χ4n) is 1.38. The maximum absolute atomic E-state index is 13.3. The number of halogens is 2. The van der Waals surface area contributed by atoms with Gasteiger partial charge in [-0.3, -0.25) is 9.59 Å². The van der Waals surface area contributed by atoms with Gasteiger partial charge in [-0.05, 0) is 18.2 Å². The first kappa shape index (κ1) is 13.3. The summed E-state index contributed by atoms with van der Waals surface area (Å²) >= 11 is 0. The van der Waals surface area contributed by atoms with Crippen LogP contribution < -0.4 is 0 Å². The maximum atomic E-state index is 13.3. The number of carbonyl (C=O) groups is 2. The molecule has 1 rings (SSSR count). The lowest BCUT2D eigenvalue weighted by atomic mass is 9.96. The zero-order valence-corrected chi connectivity index (χ0v) is 9.50. The number of esters is 1.